The Balaban J connectivity index is 2.46. The third-order valence-corrected chi connectivity index (χ3v) is 2.29. The van der Waals surface area contributed by atoms with Crippen LogP contribution < -0.4 is 9.47 Å². The maximum atomic E-state index is 12.1. The van der Waals surface area contributed by atoms with E-state index in [0.29, 0.717) is 0 Å². The van der Waals surface area contributed by atoms with Gasteiger partial charge < -0.3 is 14.6 Å². The lowest BCUT2D eigenvalue weighted by molar-refractivity contribution is -0.0530. The molecule has 0 fully saturated rings. The van der Waals surface area contributed by atoms with Gasteiger partial charge in [-0.1, -0.05) is 11.6 Å². The highest BCUT2D eigenvalue weighted by molar-refractivity contribution is 6.32. The molecular weight excluding hydrogens is 300 g/mol. The van der Waals surface area contributed by atoms with Crippen LogP contribution in [0.3, 0.4) is 0 Å². The van der Waals surface area contributed by atoms with Crippen LogP contribution in [0, 0.1) is 0 Å². The monoisotopic (exact) mass is 305 g/mol. The summed E-state index contributed by atoms with van der Waals surface area (Å²) >= 11 is 5.87. The van der Waals surface area contributed by atoms with Gasteiger partial charge in [0, 0.05) is 6.20 Å². The van der Waals surface area contributed by atoms with Crippen LogP contribution in [0.15, 0.2) is 24.4 Å². The summed E-state index contributed by atoms with van der Waals surface area (Å²) in [6.07, 6.45) is -0.289. The summed E-state index contributed by atoms with van der Waals surface area (Å²) in [6.45, 7) is -3.12. The number of rotatable bonds is 4. The average Bonchev–Trinajstić information content (AvgIpc) is 2.70. The van der Waals surface area contributed by atoms with Gasteiger partial charge in [-0.25, -0.2) is 9.78 Å². The van der Waals surface area contributed by atoms with Gasteiger partial charge in [-0.05, 0) is 12.1 Å². The lowest BCUT2D eigenvalue weighted by Crippen LogP contribution is -2.09. The molecule has 2 aromatic rings. The van der Waals surface area contributed by atoms with Gasteiger partial charge in [0.15, 0.2) is 5.82 Å². The van der Waals surface area contributed by atoms with E-state index in [9.17, 15) is 13.6 Å². The number of halogens is 3. The van der Waals surface area contributed by atoms with Gasteiger partial charge in [-0.15, -0.1) is 5.10 Å². The molecule has 2 heterocycles. The van der Waals surface area contributed by atoms with Crippen LogP contribution in [-0.4, -0.2) is 32.6 Å². The van der Waals surface area contributed by atoms with E-state index in [0.717, 1.165) is 10.7 Å². The minimum atomic E-state index is -3.12. The van der Waals surface area contributed by atoms with Crippen molar-refractivity contribution in [3.05, 3.63) is 29.4 Å². The second-order valence-electron chi connectivity index (χ2n) is 3.29. The standard InChI is InChI=1S/C10H6ClF2N3O4/c11-5-2-1-3-14-8(5)16-7(20-10(17)18)4-6(15-16)19-9(12)13/h1-4,9H,(H,17,18). The van der Waals surface area contributed by atoms with Crippen molar-refractivity contribution in [2.24, 2.45) is 0 Å². The van der Waals surface area contributed by atoms with Gasteiger partial charge in [0.05, 0.1) is 11.1 Å². The Bertz CT molecular complexity index is 635. The van der Waals surface area contributed by atoms with E-state index in [1.807, 2.05) is 0 Å². The molecule has 0 aliphatic carbocycles. The van der Waals surface area contributed by atoms with Gasteiger partial charge in [-0.3, -0.25) is 0 Å². The quantitative estimate of drug-likeness (QED) is 0.874. The van der Waals surface area contributed by atoms with Crippen molar-refractivity contribution in [2.45, 2.75) is 6.61 Å². The predicted octanol–water partition coefficient (Wildman–Crippen LogP) is 2.58. The lowest BCUT2D eigenvalue weighted by atomic mass is 10.4. The van der Waals surface area contributed by atoms with E-state index in [-0.39, 0.29) is 16.7 Å². The summed E-state index contributed by atoms with van der Waals surface area (Å²) < 4.78 is 33.6. The molecule has 0 atom stereocenters. The Hall–Kier alpha value is -2.42. The van der Waals surface area contributed by atoms with Crippen LogP contribution in [-0.2, 0) is 0 Å². The van der Waals surface area contributed by atoms with Crippen LogP contribution in [0.5, 0.6) is 11.8 Å². The summed E-state index contributed by atoms with van der Waals surface area (Å²) in [6, 6.07) is 3.87. The summed E-state index contributed by atoms with van der Waals surface area (Å²) in [5.74, 6) is -0.902. The van der Waals surface area contributed by atoms with Crippen LogP contribution in [0.2, 0.25) is 5.02 Å². The Kier molecular flexibility index (Phi) is 3.99. The summed E-state index contributed by atoms with van der Waals surface area (Å²) in [4.78, 5) is 14.4. The fraction of sp³-hybridized carbons (Fsp3) is 0.100. The zero-order valence-corrected chi connectivity index (χ0v) is 10.3. The number of carboxylic acid groups (broad SMARTS) is 1. The van der Waals surface area contributed by atoms with E-state index in [1.165, 1.54) is 18.3 Å². The van der Waals surface area contributed by atoms with Crippen LogP contribution in [0.1, 0.15) is 0 Å². The number of carbonyl (C=O) groups is 1. The van der Waals surface area contributed by atoms with E-state index in [4.69, 9.17) is 16.7 Å². The highest BCUT2D eigenvalue weighted by Crippen LogP contribution is 2.27. The second kappa shape index (κ2) is 5.70. The van der Waals surface area contributed by atoms with Crippen molar-refractivity contribution in [1.29, 1.82) is 0 Å². The molecule has 2 rings (SSSR count). The van der Waals surface area contributed by atoms with Crippen molar-refractivity contribution in [2.75, 3.05) is 0 Å². The van der Waals surface area contributed by atoms with Crippen LogP contribution in [0.4, 0.5) is 13.6 Å². The van der Waals surface area contributed by atoms with Gasteiger partial charge in [-0.2, -0.15) is 13.5 Å². The van der Waals surface area contributed by atoms with Crippen LogP contribution >= 0.6 is 11.6 Å². The lowest BCUT2D eigenvalue weighted by Gasteiger charge is -2.05. The molecule has 0 spiro atoms. The Morgan fingerprint density at radius 1 is 1.50 bits per heavy atom. The van der Waals surface area contributed by atoms with Crippen molar-refractivity contribution in [3.63, 3.8) is 0 Å². The third kappa shape index (κ3) is 3.12. The average molecular weight is 306 g/mol. The fourth-order valence-corrected chi connectivity index (χ4v) is 1.54. The minimum Gasteiger partial charge on any atom is -0.449 e. The van der Waals surface area contributed by atoms with Crippen molar-refractivity contribution in [1.82, 2.24) is 14.8 Å². The van der Waals surface area contributed by atoms with E-state index in [2.05, 4.69) is 19.6 Å². The molecule has 0 aliphatic heterocycles. The first-order chi connectivity index (χ1) is 9.47. The summed E-state index contributed by atoms with van der Waals surface area (Å²) in [5.41, 5.74) is 0. The molecule has 106 valence electrons. The number of pyridine rings is 1. The molecule has 0 saturated carbocycles. The molecule has 0 radical (unpaired) electrons. The van der Waals surface area contributed by atoms with Crippen molar-refractivity contribution < 1.29 is 28.2 Å². The molecule has 0 aromatic carbocycles. The fourth-order valence-electron chi connectivity index (χ4n) is 1.34. The van der Waals surface area contributed by atoms with Gasteiger partial charge >= 0.3 is 12.8 Å². The van der Waals surface area contributed by atoms with Gasteiger partial charge in [0.2, 0.25) is 11.8 Å². The maximum Gasteiger partial charge on any atom is 0.512 e. The van der Waals surface area contributed by atoms with E-state index in [1.54, 1.807) is 0 Å². The number of alkyl halides is 2. The topological polar surface area (TPSA) is 86.5 Å². The molecule has 0 aliphatic rings. The number of hydrogen-bond acceptors (Lipinski definition) is 5. The predicted molar refractivity (Wildman–Crippen MR) is 61.7 cm³/mol. The molecule has 0 amide bonds. The zero-order chi connectivity index (χ0) is 14.7. The molecule has 1 N–H and O–H groups in total. The highest BCUT2D eigenvalue weighted by Gasteiger charge is 2.19. The Morgan fingerprint density at radius 2 is 2.25 bits per heavy atom. The molecule has 20 heavy (non-hydrogen) atoms. The van der Waals surface area contributed by atoms with Crippen LogP contribution in [0.25, 0.3) is 5.82 Å². The van der Waals surface area contributed by atoms with Gasteiger partial charge in [0.1, 0.15) is 0 Å². The molecule has 0 bridgehead atoms. The number of ether oxygens (including phenoxy) is 2. The third-order valence-electron chi connectivity index (χ3n) is 2.00. The SMILES string of the molecule is O=C(O)Oc1cc(OC(F)F)nn1-c1ncccc1Cl. The molecular formula is C10H6ClF2N3O4. The normalized spacial score (nSPS) is 10.6. The van der Waals surface area contributed by atoms with Gasteiger partial charge in [0.25, 0.3) is 0 Å². The second-order valence-corrected chi connectivity index (χ2v) is 3.70. The number of nitrogens with zero attached hydrogens (tertiary/aromatic N) is 3. The highest BCUT2D eigenvalue weighted by atomic mass is 35.5. The first-order valence-electron chi connectivity index (χ1n) is 5.04. The van der Waals surface area contributed by atoms with E-state index < -0.39 is 18.6 Å². The molecule has 2 aromatic heterocycles. The number of hydrogen-bond donors (Lipinski definition) is 1. The molecule has 7 nitrogen and oxygen atoms in total. The van der Waals surface area contributed by atoms with Crippen molar-refractivity contribution in [3.8, 4) is 17.6 Å². The largest absolute Gasteiger partial charge is 0.512 e. The first-order valence-corrected chi connectivity index (χ1v) is 5.41. The van der Waals surface area contributed by atoms with Crippen molar-refractivity contribution >= 4 is 17.8 Å². The van der Waals surface area contributed by atoms with E-state index >= 15 is 0 Å². The number of aromatic nitrogens is 3. The Morgan fingerprint density at radius 3 is 2.85 bits per heavy atom. The Labute approximate surface area is 115 Å². The summed E-state index contributed by atoms with van der Waals surface area (Å²) in [5, 5.41) is 12.3. The molecule has 10 heteroatoms. The first kappa shape index (κ1) is 14.0. The molecule has 0 saturated heterocycles. The smallest absolute Gasteiger partial charge is 0.449 e. The molecule has 0 unspecified atom stereocenters. The zero-order valence-electron chi connectivity index (χ0n) is 9.53. The minimum absolute atomic E-state index is 0.00883. The summed E-state index contributed by atoms with van der Waals surface area (Å²) in [7, 11) is 0. The maximum absolute atomic E-state index is 12.1.